The van der Waals surface area contributed by atoms with Gasteiger partial charge in [0.15, 0.2) is 0 Å². The summed E-state index contributed by atoms with van der Waals surface area (Å²) in [5.74, 6) is -4.34. The summed E-state index contributed by atoms with van der Waals surface area (Å²) < 4.78 is 0. The maximum atomic E-state index is 12.9. The van der Waals surface area contributed by atoms with Gasteiger partial charge in [-0.25, -0.2) is 4.79 Å². The van der Waals surface area contributed by atoms with Crippen LogP contribution in [0.15, 0.2) is 0 Å². The Hall–Kier alpha value is -2.73. The van der Waals surface area contributed by atoms with E-state index < -0.39 is 60.2 Å². The first-order chi connectivity index (χ1) is 15.1. The minimum absolute atomic E-state index is 0.288. The Morgan fingerprint density at radius 1 is 1.03 bits per heavy atom. The number of hydrogen-bond donors (Lipinski definition) is 7. The molecule has 12 heteroatoms. The number of carboxylic acids is 1. The largest absolute Gasteiger partial charge is 0.480 e. The molecule has 4 atom stereocenters. The molecule has 4 unspecified atom stereocenters. The second kappa shape index (κ2) is 13.6. The van der Waals surface area contributed by atoms with Gasteiger partial charge in [-0.1, -0.05) is 13.8 Å². The number of carboxylic acid groups (broad SMARTS) is 1. The summed E-state index contributed by atoms with van der Waals surface area (Å²) in [5, 5.41) is 19.8. The van der Waals surface area contributed by atoms with Crippen LogP contribution < -0.4 is 32.7 Å². The van der Waals surface area contributed by atoms with E-state index in [1.54, 1.807) is 13.8 Å². The molecule has 1 fully saturated rings. The van der Waals surface area contributed by atoms with E-state index in [0.29, 0.717) is 32.4 Å². The molecule has 0 spiro atoms. The molecule has 1 rings (SSSR count). The predicted molar refractivity (Wildman–Crippen MR) is 116 cm³/mol. The Kier molecular flexibility index (Phi) is 11.6. The minimum Gasteiger partial charge on any atom is -0.480 e. The fourth-order valence-corrected chi connectivity index (χ4v) is 3.39. The summed E-state index contributed by atoms with van der Waals surface area (Å²) in [5.41, 5.74) is 10.7. The van der Waals surface area contributed by atoms with E-state index in [0.717, 1.165) is 6.42 Å². The maximum Gasteiger partial charge on any atom is 0.326 e. The Labute approximate surface area is 187 Å². The summed E-state index contributed by atoms with van der Waals surface area (Å²) in [7, 11) is 0. The van der Waals surface area contributed by atoms with Crippen LogP contribution >= 0.6 is 0 Å². The molecule has 0 bridgehead atoms. The first-order valence-electron chi connectivity index (χ1n) is 10.9. The number of carbonyl (C=O) groups is 5. The summed E-state index contributed by atoms with van der Waals surface area (Å²) >= 11 is 0. The van der Waals surface area contributed by atoms with Crippen molar-refractivity contribution in [2.45, 2.75) is 76.5 Å². The van der Waals surface area contributed by atoms with Gasteiger partial charge in [0.1, 0.15) is 18.1 Å². The first-order valence-corrected chi connectivity index (χ1v) is 10.9. The van der Waals surface area contributed by atoms with Crippen LogP contribution in [0.2, 0.25) is 0 Å². The number of unbranched alkanes of at least 4 members (excludes halogenated alkanes) is 1. The molecule has 0 radical (unpaired) electrons. The molecular formula is C20H36N6O6. The molecule has 1 aliphatic heterocycles. The van der Waals surface area contributed by atoms with Crippen molar-refractivity contribution in [1.82, 2.24) is 21.3 Å². The molecule has 0 aromatic carbocycles. The highest BCUT2D eigenvalue weighted by Crippen LogP contribution is 2.08. The van der Waals surface area contributed by atoms with Crippen LogP contribution in [0, 0.1) is 5.92 Å². The molecule has 32 heavy (non-hydrogen) atoms. The van der Waals surface area contributed by atoms with Crippen molar-refractivity contribution in [3.63, 3.8) is 0 Å². The molecule has 1 saturated heterocycles. The average Bonchev–Trinajstić information content (AvgIpc) is 3.24. The van der Waals surface area contributed by atoms with Gasteiger partial charge < -0.3 is 37.8 Å². The number of hydrogen-bond acceptors (Lipinski definition) is 7. The molecule has 0 aromatic rings. The van der Waals surface area contributed by atoms with Crippen LogP contribution in [0.5, 0.6) is 0 Å². The van der Waals surface area contributed by atoms with E-state index in [1.165, 1.54) is 0 Å². The van der Waals surface area contributed by atoms with E-state index in [9.17, 15) is 29.1 Å². The monoisotopic (exact) mass is 456 g/mol. The SMILES string of the molecule is CC(C)C(NC(=O)C(CC(N)=O)NC(=O)C(CCCCN)NC(=O)C1CCCN1)C(=O)O. The lowest BCUT2D eigenvalue weighted by Crippen LogP contribution is -2.58. The van der Waals surface area contributed by atoms with E-state index >= 15 is 0 Å². The van der Waals surface area contributed by atoms with E-state index in [1.807, 2.05) is 0 Å². The lowest BCUT2D eigenvalue weighted by molar-refractivity contribution is -0.143. The molecule has 12 nitrogen and oxygen atoms in total. The van der Waals surface area contributed by atoms with Crippen molar-refractivity contribution in [3.05, 3.63) is 0 Å². The molecule has 4 amide bonds. The van der Waals surface area contributed by atoms with Crippen LogP contribution in [0.25, 0.3) is 0 Å². The van der Waals surface area contributed by atoms with E-state index in [-0.39, 0.29) is 12.3 Å². The lowest BCUT2D eigenvalue weighted by atomic mass is 10.0. The third-order valence-electron chi connectivity index (χ3n) is 5.23. The third kappa shape index (κ3) is 9.18. The van der Waals surface area contributed by atoms with Crippen molar-refractivity contribution in [1.29, 1.82) is 0 Å². The fourth-order valence-electron chi connectivity index (χ4n) is 3.39. The summed E-state index contributed by atoms with van der Waals surface area (Å²) in [6.45, 7) is 4.36. The molecule has 1 aliphatic rings. The summed E-state index contributed by atoms with van der Waals surface area (Å²) in [6.07, 6.45) is 2.48. The normalized spacial score (nSPS) is 18.4. The van der Waals surface area contributed by atoms with Crippen molar-refractivity contribution < 1.29 is 29.1 Å². The average molecular weight is 457 g/mol. The number of amides is 4. The van der Waals surface area contributed by atoms with Gasteiger partial charge in [-0.2, -0.15) is 0 Å². The first kappa shape index (κ1) is 27.3. The predicted octanol–water partition coefficient (Wildman–Crippen LogP) is -2.06. The third-order valence-corrected chi connectivity index (χ3v) is 5.23. The summed E-state index contributed by atoms with van der Waals surface area (Å²) in [6, 6.07) is -3.92. The highest BCUT2D eigenvalue weighted by molar-refractivity contribution is 5.96. The van der Waals surface area contributed by atoms with E-state index in [4.69, 9.17) is 11.5 Å². The molecule has 9 N–H and O–H groups in total. The van der Waals surface area contributed by atoms with Gasteiger partial charge in [0.25, 0.3) is 0 Å². The Morgan fingerprint density at radius 3 is 2.19 bits per heavy atom. The highest BCUT2D eigenvalue weighted by Gasteiger charge is 2.32. The van der Waals surface area contributed by atoms with Gasteiger partial charge in [0.05, 0.1) is 12.5 Å². The number of aliphatic carboxylic acids is 1. The zero-order valence-electron chi connectivity index (χ0n) is 18.7. The van der Waals surface area contributed by atoms with Crippen molar-refractivity contribution in [2.75, 3.05) is 13.1 Å². The molecule has 0 aromatic heterocycles. The van der Waals surface area contributed by atoms with Gasteiger partial charge >= 0.3 is 5.97 Å². The minimum atomic E-state index is -1.38. The molecular weight excluding hydrogens is 420 g/mol. The molecule has 182 valence electrons. The number of nitrogens with one attached hydrogen (secondary N) is 4. The fraction of sp³-hybridized carbons (Fsp3) is 0.750. The molecule has 0 aliphatic carbocycles. The van der Waals surface area contributed by atoms with E-state index in [2.05, 4.69) is 21.3 Å². The lowest BCUT2D eigenvalue weighted by Gasteiger charge is -2.25. The Bertz CT molecular complexity index is 679. The maximum absolute atomic E-state index is 12.9. The van der Waals surface area contributed by atoms with Crippen LogP contribution in [-0.2, 0) is 24.0 Å². The van der Waals surface area contributed by atoms with Crippen molar-refractivity contribution >= 4 is 29.6 Å². The molecule has 0 saturated carbocycles. The van der Waals surface area contributed by atoms with Gasteiger partial charge in [-0.05, 0) is 51.1 Å². The van der Waals surface area contributed by atoms with Crippen LogP contribution in [-0.4, -0.2) is 72.0 Å². The van der Waals surface area contributed by atoms with Crippen LogP contribution in [0.1, 0.15) is 52.4 Å². The van der Waals surface area contributed by atoms with Crippen molar-refractivity contribution in [2.24, 2.45) is 17.4 Å². The second-order valence-corrected chi connectivity index (χ2v) is 8.29. The smallest absolute Gasteiger partial charge is 0.326 e. The number of nitrogens with two attached hydrogens (primary N) is 2. The topological polar surface area (TPSA) is 206 Å². The molecule has 1 heterocycles. The number of rotatable bonds is 14. The second-order valence-electron chi connectivity index (χ2n) is 8.29. The van der Waals surface area contributed by atoms with Gasteiger partial charge in [-0.15, -0.1) is 0 Å². The zero-order valence-corrected chi connectivity index (χ0v) is 18.7. The Morgan fingerprint density at radius 2 is 1.69 bits per heavy atom. The van der Waals surface area contributed by atoms with Crippen LogP contribution in [0.3, 0.4) is 0 Å². The standard InChI is InChI=1S/C20H36N6O6/c1-11(2)16(20(31)32)26-19(30)14(10-15(22)27)25-18(29)13(6-3-4-8-21)24-17(28)12-7-5-9-23-12/h11-14,16,23H,3-10,21H2,1-2H3,(H2,22,27)(H,24,28)(H,25,29)(H,26,30)(H,31,32). The van der Waals surface area contributed by atoms with Gasteiger partial charge in [-0.3, -0.25) is 19.2 Å². The quantitative estimate of drug-likeness (QED) is 0.144. The van der Waals surface area contributed by atoms with Gasteiger partial charge in [0.2, 0.25) is 23.6 Å². The highest BCUT2D eigenvalue weighted by atomic mass is 16.4. The number of primary amides is 1. The Balaban J connectivity index is 2.92. The number of carbonyl (C=O) groups excluding carboxylic acids is 4. The zero-order chi connectivity index (χ0) is 24.3. The van der Waals surface area contributed by atoms with Crippen LogP contribution in [0.4, 0.5) is 0 Å². The van der Waals surface area contributed by atoms with Crippen molar-refractivity contribution in [3.8, 4) is 0 Å². The summed E-state index contributed by atoms with van der Waals surface area (Å²) in [4.78, 5) is 60.9. The van der Waals surface area contributed by atoms with Gasteiger partial charge in [0, 0.05) is 0 Å².